The first kappa shape index (κ1) is 18.8. The lowest BCUT2D eigenvalue weighted by Gasteiger charge is -2.29. The van der Waals surface area contributed by atoms with Crippen LogP contribution in [0.5, 0.6) is 5.75 Å². The number of benzene rings is 2. The Morgan fingerprint density at radius 1 is 1.16 bits per heavy atom. The molecule has 0 amide bonds. The number of rotatable bonds is 5. The quantitative estimate of drug-likeness (QED) is 0.615. The summed E-state index contributed by atoms with van der Waals surface area (Å²) in [6.45, 7) is 3.93. The molecule has 1 fully saturated rings. The zero-order valence-corrected chi connectivity index (χ0v) is 17.7. The summed E-state index contributed by atoms with van der Waals surface area (Å²) >= 11 is 13.5. The predicted molar refractivity (Wildman–Crippen MR) is 110 cm³/mol. The molecule has 0 aromatic heterocycles. The first-order valence-corrected chi connectivity index (χ1v) is 9.93. The zero-order valence-electron chi connectivity index (χ0n) is 13.8. The van der Waals surface area contributed by atoms with Crippen molar-refractivity contribution in [3.05, 3.63) is 49.9 Å². The molecule has 0 saturated carbocycles. The van der Waals surface area contributed by atoms with E-state index in [0.717, 1.165) is 63.0 Å². The maximum atomic E-state index is 6.48. The van der Waals surface area contributed by atoms with Gasteiger partial charge in [-0.1, -0.05) is 11.6 Å². The number of nitrogens with zero attached hydrogens (tertiary/aromatic N) is 1. The summed E-state index contributed by atoms with van der Waals surface area (Å²) in [7, 11) is 1.65. The van der Waals surface area contributed by atoms with Gasteiger partial charge in [0.1, 0.15) is 5.75 Å². The molecule has 1 aliphatic heterocycles. The number of nitrogens with one attached hydrogen (secondary N) is 1. The number of methoxy groups -OCH3 is 1. The molecule has 0 atom stereocenters. The van der Waals surface area contributed by atoms with Gasteiger partial charge in [0.05, 0.1) is 40.0 Å². The Morgan fingerprint density at radius 3 is 2.44 bits per heavy atom. The third kappa shape index (κ3) is 4.61. The molecule has 0 bridgehead atoms. The Hall–Kier alpha value is -0.950. The summed E-state index contributed by atoms with van der Waals surface area (Å²) in [4.78, 5) is 2.26. The summed E-state index contributed by atoms with van der Waals surface area (Å²) in [5.41, 5.74) is 3.18. The van der Waals surface area contributed by atoms with Gasteiger partial charge < -0.3 is 19.7 Å². The summed E-state index contributed by atoms with van der Waals surface area (Å²) in [6.07, 6.45) is 0. The average molecular weight is 491 g/mol. The summed E-state index contributed by atoms with van der Waals surface area (Å²) in [5.74, 6) is 0.793. The highest BCUT2D eigenvalue weighted by molar-refractivity contribution is 9.11. The van der Waals surface area contributed by atoms with Crippen molar-refractivity contribution < 1.29 is 9.47 Å². The van der Waals surface area contributed by atoms with Crippen LogP contribution in [0, 0.1) is 0 Å². The third-order valence-corrected chi connectivity index (χ3v) is 5.54. The van der Waals surface area contributed by atoms with Crippen LogP contribution in [0.4, 0.5) is 11.4 Å². The molecule has 25 heavy (non-hydrogen) atoms. The largest absolute Gasteiger partial charge is 0.494 e. The highest BCUT2D eigenvalue weighted by atomic mass is 79.9. The molecule has 7 heteroatoms. The van der Waals surface area contributed by atoms with Crippen LogP contribution >= 0.6 is 43.5 Å². The Balaban J connectivity index is 1.68. The third-order valence-electron chi connectivity index (χ3n) is 4.06. The number of hydrogen-bond donors (Lipinski definition) is 1. The van der Waals surface area contributed by atoms with E-state index in [1.54, 1.807) is 7.11 Å². The summed E-state index contributed by atoms with van der Waals surface area (Å²) < 4.78 is 12.6. The van der Waals surface area contributed by atoms with Gasteiger partial charge in [-0.2, -0.15) is 0 Å². The first-order chi connectivity index (χ1) is 12.1. The minimum atomic E-state index is 0.689. The average Bonchev–Trinajstić information content (AvgIpc) is 2.60. The van der Waals surface area contributed by atoms with E-state index < -0.39 is 0 Å². The van der Waals surface area contributed by atoms with Gasteiger partial charge in [0.15, 0.2) is 0 Å². The van der Waals surface area contributed by atoms with Crippen LogP contribution in [0.3, 0.4) is 0 Å². The van der Waals surface area contributed by atoms with Crippen LogP contribution in [-0.4, -0.2) is 33.4 Å². The molecule has 2 aromatic carbocycles. The van der Waals surface area contributed by atoms with Crippen LogP contribution in [-0.2, 0) is 11.3 Å². The SMILES string of the molecule is COc1c(Br)cc(CNc2ccc(N3CCOCC3)c(Cl)c2)cc1Br. The number of morpholine rings is 1. The van der Waals surface area contributed by atoms with E-state index in [4.69, 9.17) is 21.1 Å². The fraction of sp³-hybridized carbons (Fsp3) is 0.333. The van der Waals surface area contributed by atoms with Crippen LogP contribution in [0.2, 0.25) is 5.02 Å². The van der Waals surface area contributed by atoms with Crippen LogP contribution < -0.4 is 15.0 Å². The van der Waals surface area contributed by atoms with Crippen LogP contribution in [0.1, 0.15) is 5.56 Å². The minimum Gasteiger partial charge on any atom is -0.494 e. The second-order valence-corrected chi connectivity index (χ2v) is 7.83. The lowest BCUT2D eigenvalue weighted by molar-refractivity contribution is 0.122. The summed E-state index contributed by atoms with van der Waals surface area (Å²) in [6, 6.07) is 10.2. The zero-order chi connectivity index (χ0) is 17.8. The molecule has 1 heterocycles. The minimum absolute atomic E-state index is 0.689. The fourth-order valence-corrected chi connectivity index (χ4v) is 4.70. The Bertz CT molecular complexity index is 729. The van der Waals surface area contributed by atoms with Crippen molar-refractivity contribution in [2.45, 2.75) is 6.54 Å². The summed E-state index contributed by atoms with van der Waals surface area (Å²) in [5, 5.41) is 4.17. The highest BCUT2D eigenvalue weighted by Crippen LogP contribution is 2.35. The smallest absolute Gasteiger partial charge is 0.147 e. The second kappa shape index (κ2) is 8.62. The first-order valence-electron chi connectivity index (χ1n) is 7.96. The second-order valence-electron chi connectivity index (χ2n) is 5.71. The molecule has 4 nitrogen and oxygen atoms in total. The predicted octanol–water partition coefficient (Wildman–Crippen LogP) is 5.32. The van der Waals surface area contributed by atoms with Crippen molar-refractivity contribution in [3.8, 4) is 5.75 Å². The van der Waals surface area contributed by atoms with Gasteiger partial charge in [0.2, 0.25) is 0 Å². The number of halogens is 3. The van der Waals surface area contributed by atoms with E-state index in [0.29, 0.717) is 6.54 Å². The lowest BCUT2D eigenvalue weighted by atomic mass is 10.2. The standard InChI is InChI=1S/C18H19Br2ClN2O2/c1-24-18-14(19)8-12(9-15(18)20)11-22-13-2-3-17(16(21)10-13)23-4-6-25-7-5-23/h2-3,8-10,22H,4-7,11H2,1H3. The van der Waals surface area contributed by atoms with Gasteiger partial charge in [0.25, 0.3) is 0 Å². The Morgan fingerprint density at radius 2 is 1.84 bits per heavy atom. The molecular weight excluding hydrogens is 471 g/mol. The van der Waals surface area contributed by atoms with E-state index in [1.165, 1.54) is 0 Å². The van der Waals surface area contributed by atoms with E-state index in [9.17, 15) is 0 Å². The lowest BCUT2D eigenvalue weighted by Crippen LogP contribution is -2.36. The van der Waals surface area contributed by atoms with Gasteiger partial charge in [-0.05, 0) is 67.8 Å². The highest BCUT2D eigenvalue weighted by Gasteiger charge is 2.14. The van der Waals surface area contributed by atoms with Crippen molar-refractivity contribution in [1.82, 2.24) is 0 Å². The molecule has 0 radical (unpaired) electrons. The van der Waals surface area contributed by atoms with Gasteiger partial charge in [0, 0.05) is 25.3 Å². The van der Waals surface area contributed by atoms with E-state index in [1.807, 2.05) is 18.2 Å². The number of anilines is 2. The molecule has 1 saturated heterocycles. The molecule has 0 aliphatic carbocycles. The molecule has 0 unspecified atom stereocenters. The molecule has 2 aromatic rings. The number of ether oxygens (including phenoxy) is 2. The van der Waals surface area contributed by atoms with Crippen molar-refractivity contribution in [2.75, 3.05) is 43.6 Å². The monoisotopic (exact) mass is 488 g/mol. The van der Waals surface area contributed by atoms with E-state index >= 15 is 0 Å². The van der Waals surface area contributed by atoms with Gasteiger partial charge in [-0.15, -0.1) is 0 Å². The van der Waals surface area contributed by atoms with Crippen LogP contribution in [0.15, 0.2) is 39.3 Å². The van der Waals surface area contributed by atoms with Crippen molar-refractivity contribution in [2.24, 2.45) is 0 Å². The Kier molecular flexibility index (Phi) is 6.49. The Labute approximate surface area is 169 Å². The molecule has 1 N–H and O–H groups in total. The maximum absolute atomic E-state index is 6.48. The van der Waals surface area contributed by atoms with Gasteiger partial charge in [-0.3, -0.25) is 0 Å². The normalized spacial score (nSPS) is 14.5. The van der Waals surface area contributed by atoms with Gasteiger partial charge in [-0.25, -0.2) is 0 Å². The molecule has 3 rings (SSSR count). The topological polar surface area (TPSA) is 33.7 Å². The van der Waals surface area contributed by atoms with Crippen LogP contribution in [0.25, 0.3) is 0 Å². The van der Waals surface area contributed by atoms with Crippen molar-refractivity contribution in [1.29, 1.82) is 0 Å². The molecule has 0 spiro atoms. The van der Waals surface area contributed by atoms with Crippen molar-refractivity contribution in [3.63, 3.8) is 0 Å². The van der Waals surface area contributed by atoms with Crippen molar-refractivity contribution >= 4 is 54.8 Å². The molecule has 134 valence electrons. The van der Waals surface area contributed by atoms with E-state index in [2.05, 4.69) is 54.2 Å². The van der Waals surface area contributed by atoms with Gasteiger partial charge >= 0.3 is 0 Å². The molecule has 1 aliphatic rings. The molecular formula is C18H19Br2ClN2O2. The van der Waals surface area contributed by atoms with E-state index in [-0.39, 0.29) is 0 Å². The maximum Gasteiger partial charge on any atom is 0.147 e. The number of hydrogen-bond acceptors (Lipinski definition) is 4. The fourth-order valence-electron chi connectivity index (χ4n) is 2.79.